The molecule has 1 aliphatic rings. The number of ether oxygens (including phenoxy) is 1. The number of amides is 2. The lowest BCUT2D eigenvalue weighted by Crippen LogP contribution is -2.52. The number of hydrogen-bond donors (Lipinski definition) is 2. The van der Waals surface area contributed by atoms with Crippen LogP contribution in [0.3, 0.4) is 0 Å². The van der Waals surface area contributed by atoms with Crippen molar-refractivity contribution in [3.05, 3.63) is 60.4 Å². The molecular weight excluding hydrogens is 534 g/mol. The van der Waals surface area contributed by atoms with E-state index in [-0.39, 0.29) is 36.0 Å². The van der Waals surface area contributed by atoms with Gasteiger partial charge in [0.05, 0.1) is 41.8 Å². The van der Waals surface area contributed by atoms with Crippen LogP contribution in [0.15, 0.2) is 59.6 Å². The van der Waals surface area contributed by atoms with Crippen molar-refractivity contribution in [1.29, 1.82) is 0 Å². The summed E-state index contributed by atoms with van der Waals surface area (Å²) < 4.78 is 32.7. The predicted octanol–water partition coefficient (Wildman–Crippen LogP) is 2.32. The van der Waals surface area contributed by atoms with Crippen molar-refractivity contribution in [1.82, 2.24) is 24.9 Å². The van der Waals surface area contributed by atoms with Crippen LogP contribution in [0.5, 0.6) is 5.75 Å². The number of methoxy groups -OCH3 is 1. The Balaban J connectivity index is 1.45. The third kappa shape index (κ3) is 6.80. The Morgan fingerprint density at radius 1 is 1.12 bits per heavy atom. The smallest absolute Gasteiger partial charge is 0.272 e. The lowest BCUT2D eigenvalue weighted by atomic mass is 10.0. The van der Waals surface area contributed by atoms with Crippen molar-refractivity contribution < 1.29 is 27.5 Å². The number of para-hydroxylation sites is 2. The average Bonchev–Trinajstić information content (AvgIpc) is 3.13. The first-order chi connectivity index (χ1) is 19.1. The second-order valence-corrected chi connectivity index (χ2v) is 12.0. The molecule has 4 rings (SSSR count). The van der Waals surface area contributed by atoms with Crippen molar-refractivity contribution in [2.45, 2.75) is 50.1 Å². The van der Waals surface area contributed by atoms with E-state index in [0.29, 0.717) is 29.6 Å². The van der Waals surface area contributed by atoms with Crippen molar-refractivity contribution in [2.24, 2.45) is 5.92 Å². The van der Waals surface area contributed by atoms with E-state index in [1.165, 1.54) is 25.4 Å². The Morgan fingerprint density at radius 2 is 1.88 bits per heavy atom. The Hall–Kier alpha value is -3.90. The molecule has 2 aromatic carbocycles. The van der Waals surface area contributed by atoms with Crippen LogP contribution in [0, 0.1) is 5.92 Å². The molecule has 12 heteroatoms. The topological polar surface area (TPSA) is 148 Å². The summed E-state index contributed by atoms with van der Waals surface area (Å²) in [5.74, 6) is -1.04. The number of carbonyl (C=O) groups excluding carboxylic acids is 3. The van der Waals surface area contributed by atoms with Gasteiger partial charge in [0.1, 0.15) is 17.5 Å². The van der Waals surface area contributed by atoms with Gasteiger partial charge in [-0.25, -0.2) is 13.4 Å². The number of Topliss-reactive ketones (excluding diaryl/α,β-unsaturated/α-hetero) is 1. The molecule has 0 spiro atoms. The summed E-state index contributed by atoms with van der Waals surface area (Å²) in [5.41, 5.74) is 1.27. The Kier molecular flexibility index (Phi) is 9.10. The Labute approximate surface area is 233 Å². The number of hydrogen-bond acceptors (Lipinski definition) is 8. The largest absolute Gasteiger partial charge is 0.497 e. The highest BCUT2D eigenvalue weighted by molar-refractivity contribution is 7.89. The van der Waals surface area contributed by atoms with Crippen molar-refractivity contribution in [3.63, 3.8) is 0 Å². The Bertz CT molecular complexity index is 1510. The molecule has 0 bridgehead atoms. The van der Waals surface area contributed by atoms with Gasteiger partial charge in [0, 0.05) is 12.6 Å². The first-order valence-electron chi connectivity index (χ1n) is 13.1. The number of fused-ring (bicyclic) bond motifs is 1. The van der Waals surface area contributed by atoms with Crippen LogP contribution in [-0.4, -0.2) is 72.6 Å². The van der Waals surface area contributed by atoms with Gasteiger partial charge in [0.25, 0.3) is 5.91 Å². The maximum absolute atomic E-state index is 13.3. The number of nitrogens with zero attached hydrogens (tertiary/aromatic N) is 3. The molecule has 1 fully saturated rings. The molecule has 0 radical (unpaired) electrons. The summed E-state index contributed by atoms with van der Waals surface area (Å²) >= 11 is 0. The lowest BCUT2D eigenvalue weighted by molar-refractivity contribution is -0.129. The third-order valence-electron chi connectivity index (χ3n) is 6.63. The number of rotatable bonds is 9. The SMILES string of the molecule is COc1cccc(S(=O)(=O)N2CCC[C@H](NC(=O)C(CC(C)C)NC(=O)c3cnc4ccccc4n3)C(=O)C2)c1. The average molecular weight is 568 g/mol. The molecule has 2 heterocycles. The molecule has 3 aromatic rings. The molecule has 0 saturated carbocycles. The summed E-state index contributed by atoms with van der Waals surface area (Å²) in [6.45, 7) is 3.59. The predicted molar refractivity (Wildman–Crippen MR) is 148 cm³/mol. The summed E-state index contributed by atoms with van der Waals surface area (Å²) in [6.07, 6.45) is 2.32. The lowest BCUT2D eigenvalue weighted by Gasteiger charge is -2.23. The molecular formula is C28H33N5O6S. The van der Waals surface area contributed by atoms with Crippen LogP contribution < -0.4 is 15.4 Å². The van der Waals surface area contributed by atoms with E-state index < -0.39 is 39.7 Å². The zero-order chi connectivity index (χ0) is 28.9. The first kappa shape index (κ1) is 29.1. The van der Waals surface area contributed by atoms with Crippen molar-refractivity contribution in [3.8, 4) is 5.75 Å². The first-order valence-corrected chi connectivity index (χ1v) is 14.5. The van der Waals surface area contributed by atoms with E-state index in [9.17, 15) is 22.8 Å². The fourth-order valence-electron chi connectivity index (χ4n) is 4.54. The molecule has 1 unspecified atom stereocenters. The molecule has 2 atom stereocenters. The number of ketones is 1. The van der Waals surface area contributed by atoms with Gasteiger partial charge in [-0.15, -0.1) is 0 Å². The highest BCUT2D eigenvalue weighted by Crippen LogP contribution is 2.23. The molecule has 212 valence electrons. The normalized spacial score (nSPS) is 17.3. The number of sulfonamides is 1. The molecule has 40 heavy (non-hydrogen) atoms. The zero-order valence-electron chi connectivity index (χ0n) is 22.7. The van der Waals surface area contributed by atoms with E-state index in [0.717, 1.165) is 4.31 Å². The van der Waals surface area contributed by atoms with E-state index in [1.54, 1.807) is 30.3 Å². The van der Waals surface area contributed by atoms with Gasteiger partial charge in [0.15, 0.2) is 5.78 Å². The molecule has 1 saturated heterocycles. The minimum Gasteiger partial charge on any atom is -0.497 e. The standard InChI is InChI=1S/C28H33N5O6S/c1-18(2)14-24(32-28(36)25-16-29-21-10-4-5-11-22(21)30-25)27(35)31-23-12-7-13-33(17-26(23)34)40(37,38)20-9-6-8-19(15-20)39-3/h4-6,8-11,15-16,18,23-24H,7,12-14,17H2,1-3H3,(H,31,35)(H,32,36)/t23-,24?/m0/s1. The molecule has 1 aromatic heterocycles. The van der Waals surface area contributed by atoms with Gasteiger partial charge in [-0.05, 0) is 49.4 Å². The van der Waals surface area contributed by atoms with Crippen LogP contribution in [0.2, 0.25) is 0 Å². The quantitative estimate of drug-likeness (QED) is 0.400. The van der Waals surface area contributed by atoms with Gasteiger partial charge in [-0.3, -0.25) is 19.4 Å². The molecule has 1 aliphatic heterocycles. The fourth-order valence-corrected chi connectivity index (χ4v) is 6.02. The van der Waals surface area contributed by atoms with Crippen LogP contribution in [0.25, 0.3) is 11.0 Å². The van der Waals surface area contributed by atoms with Crippen LogP contribution in [0.4, 0.5) is 0 Å². The number of benzene rings is 2. The fraction of sp³-hybridized carbons (Fsp3) is 0.393. The molecule has 2 N–H and O–H groups in total. The second kappa shape index (κ2) is 12.5. The maximum Gasteiger partial charge on any atom is 0.272 e. The molecule has 11 nitrogen and oxygen atoms in total. The van der Waals surface area contributed by atoms with Gasteiger partial charge < -0.3 is 15.4 Å². The number of aromatic nitrogens is 2. The zero-order valence-corrected chi connectivity index (χ0v) is 23.5. The minimum absolute atomic E-state index is 0.0265. The highest BCUT2D eigenvalue weighted by Gasteiger charge is 2.34. The van der Waals surface area contributed by atoms with Gasteiger partial charge >= 0.3 is 0 Å². The van der Waals surface area contributed by atoms with E-state index in [2.05, 4.69) is 20.6 Å². The van der Waals surface area contributed by atoms with Gasteiger partial charge in [-0.2, -0.15) is 4.31 Å². The Morgan fingerprint density at radius 3 is 2.60 bits per heavy atom. The van der Waals surface area contributed by atoms with Crippen LogP contribution in [0.1, 0.15) is 43.6 Å². The monoisotopic (exact) mass is 567 g/mol. The van der Waals surface area contributed by atoms with Gasteiger partial charge in [0.2, 0.25) is 15.9 Å². The minimum atomic E-state index is -3.95. The highest BCUT2D eigenvalue weighted by atomic mass is 32.2. The van der Waals surface area contributed by atoms with Crippen LogP contribution >= 0.6 is 0 Å². The number of carbonyl (C=O) groups is 3. The summed E-state index contributed by atoms with van der Waals surface area (Å²) in [6, 6.07) is 11.4. The van der Waals surface area contributed by atoms with Crippen molar-refractivity contribution in [2.75, 3.05) is 20.2 Å². The van der Waals surface area contributed by atoms with Gasteiger partial charge in [-0.1, -0.05) is 32.0 Å². The summed E-state index contributed by atoms with van der Waals surface area (Å²) in [4.78, 5) is 48.0. The van der Waals surface area contributed by atoms with E-state index in [4.69, 9.17) is 4.74 Å². The molecule has 2 amide bonds. The van der Waals surface area contributed by atoms with Crippen LogP contribution in [-0.2, 0) is 19.6 Å². The molecule has 0 aliphatic carbocycles. The second-order valence-electron chi connectivity index (χ2n) is 10.1. The van der Waals surface area contributed by atoms with E-state index in [1.807, 2.05) is 19.9 Å². The summed E-state index contributed by atoms with van der Waals surface area (Å²) in [7, 11) is -2.50. The van der Waals surface area contributed by atoms with Crippen molar-refractivity contribution >= 4 is 38.7 Å². The van der Waals surface area contributed by atoms with E-state index >= 15 is 0 Å². The number of nitrogens with one attached hydrogen (secondary N) is 2. The maximum atomic E-state index is 13.3. The third-order valence-corrected chi connectivity index (χ3v) is 8.47. The summed E-state index contributed by atoms with van der Waals surface area (Å²) in [5, 5.41) is 5.48.